The van der Waals surface area contributed by atoms with E-state index in [1.807, 2.05) is 47.2 Å². The normalized spacial score (nSPS) is 11.3. The number of hydrogen-bond acceptors (Lipinski definition) is 5. The van der Waals surface area contributed by atoms with Crippen molar-refractivity contribution in [3.05, 3.63) is 109 Å². The number of fused-ring (bicyclic) bond motifs is 1. The second-order valence-electron chi connectivity index (χ2n) is 7.70. The van der Waals surface area contributed by atoms with E-state index in [0.29, 0.717) is 23.3 Å². The SMILES string of the molecule is N#Cc1ccc(Cn2ccnc2-c2ccc(NS(=O)(=O)c3cccc4cccnc34)cc2)cc1. The lowest BCUT2D eigenvalue weighted by Gasteiger charge is -2.11. The standard InChI is InChI=1S/C26H19N5O2S/c27-17-19-6-8-20(9-7-19)18-31-16-15-29-26(31)22-10-12-23(13-11-22)30-34(32,33)24-5-1-3-21-4-2-14-28-25(21)24/h1-16,30H,18H2. The van der Waals surface area contributed by atoms with Gasteiger partial charge in [0.15, 0.2) is 0 Å². The van der Waals surface area contributed by atoms with Crippen molar-refractivity contribution in [2.75, 3.05) is 4.72 Å². The molecule has 0 saturated heterocycles. The van der Waals surface area contributed by atoms with Gasteiger partial charge in [-0.3, -0.25) is 9.71 Å². The molecule has 5 rings (SSSR count). The maximum absolute atomic E-state index is 13.0. The molecule has 0 aliphatic heterocycles. The fourth-order valence-corrected chi connectivity index (χ4v) is 5.01. The van der Waals surface area contributed by atoms with Gasteiger partial charge in [0, 0.05) is 41.8 Å². The van der Waals surface area contributed by atoms with Crippen molar-refractivity contribution < 1.29 is 8.42 Å². The Morgan fingerprint density at radius 2 is 1.65 bits per heavy atom. The highest BCUT2D eigenvalue weighted by atomic mass is 32.2. The Morgan fingerprint density at radius 1 is 0.882 bits per heavy atom. The number of para-hydroxylation sites is 1. The van der Waals surface area contributed by atoms with Crippen molar-refractivity contribution in [3.63, 3.8) is 0 Å². The maximum Gasteiger partial charge on any atom is 0.264 e. The van der Waals surface area contributed by atoms with E-state index in [9.17, 15) is 8.42 Å². The Labute approximate surface area is 197 Å². The summed E-state index contributed by atoms with van der Waals surface area (Å²) in [6, 6.07) is 25.3. The highest BCUT2D eigenvalue weighted by molar-refractivity contribution is 7.93. The number of aromatic nitrogens is 3. The van der Waals surface area contributed by atoms with Crippen molar-refractivity contribution in [3.8, 4) is 17.5 Å². The molecule has 0 amide bonds. The van der Waals surface area contributed by atoms with Crippen LogP contribution in [0.1, 0.15) is 11.1 Å². The largest absolute Gasteiger partial charge is 0.327 e. The van der Waals surface area contributed by atoms with Crippen molar-refractivity contribution in [1.29, 1.82) is 5.26 Å². The Bertz CT molecular complexity index is 1610. The summed E-state index contributed by atoms with van der Waals surface area (Å²) in [6.45, 7) is 0.601. The molecular weight excluding hydrogens is 446 g/mol. The van der Waals surface area contributed by atoms with Crippen LogP contribution in [-0.2, 0) is 16.6 Å². The number of pyridine rings is 1. The minimum atomic E-state index is -3.82. The number of anilines is 1. The van der Waals surface area contributed by atoms with E-state index in [-0.39, 0.29) is 4.90 Å². The lowest BCUT2D eigenvalue weighted by Crippen LogP contribution is -2.13. The second-order valence-corrected chi connectivity index (χ2v) is 9.35. The van der Waals surface area contributed by atoms with Crippen LogP contribution < -0.4 is 4.72 Å². The van der Waals surface area contributed by atoms with Gasteiger partial charge >= 0.3 is 0 Å². The zero-order chi connectivity index (χ0) is 23.5. The maximum atomic E-state index is 13.0. The van der Waals surface area contributed by atoms with Crippen LogP contribution in [0, 0.1) is 11.3 Å². The predicted molar refractivity (Wildman–Crippen MR) is 130 cm³/mol. The number of imidazole rings is 1. The lowest BCUT2D eigenvalue weighted by molar-refractivity contribution is 0.602. The van der Waals surface area contributed by atoms with Crippen molar-refractivity contribution >= 4 is 26.6 Å². The second kappa shape index (κ2) is 8.81. The third kappa shape index (κ3) is 4.25. The number of benzene rings is 3. The van der Waals surface area contributed by atoms with Gasteiger partial charge in [-0.1, -0.05) is 30.3 Å². The van der Waals surface area contributed by atoms with Crippen LogP contribution in [0.25, 0.3) is 22.3 Å². The van der Waals surface area contributed by atoms with Gasteiger partial charge in [-0.05, 0) is 54.1 Å². The number of nitriles is 1. The predicted octanol–water partition coefficient (Wildman–Crippen LogP) is 4.82. The Morgan fingerprint density at radius 3 is 2.41 bits per heavy atom. The molecule has 0 spiro atoms. The Kier molecular flexibility index (Phi) is 5.54. The summed E-state index contributed by atoms with van der Waals surface area (Å²) in [6.07, 6.45) is 5.19. The van der Waals surface area contributed by atoms with E-state index >= 15 is 0 Å². The zero-order valence-electron chi connectivity index (χ0n) is 18.0. The van der Waals surface area contributed by atoms with E-state index in [4.69, 9.17) is 5.26 Å². The third-order valence-corrected chi connectivity index (χ3v) is 6.84. The number of nitrogens with one attached hydrogen (secondary N) is 1. The molecule has 34 heavy (non-hydrogen) atoms. The van der Waals surface area contributed by atoms with Gasteiger partial charge in [0.1, 0.15) is 10.7 Å². The number of hydrogen-bond donors (Lipinski definition) is 1. The van der Waals surface area contributed by atoms with Crippen LogP contribution in [0.5, 0.6) is 0 Å². The van der Waals surface area contributed by atoms with Gasteiger partial charge in [0.2, 0.25) is 0 Å². The summed E-state index contributed by atoms with van der Waals surface area (Å²) in [7, 11) is -3.82. The van der Waals surface area contributed by atoms with Gasteiger partial charge < -0.3 is 4.57 Å². The molecule has 0 fully saturated rings. The van der Waals surface area contributed by atoms with Gasteiger partial charge in [-0.25, -0.2) is 13.4 Å². The molecule has 1 N–H and O–H groups in total. The summed E-state index contributed by atoms with van der Waals surface area (Å²) in [5, 5.41) is 9.73. The average Bonchev–Trinajstić information content (AvgIpc) is 3.32. The first-order chi connectivity index (χ1) is 16.5. The van der Waals surface area contributed by atoms with Crippen LogP contribution in [0.15, 0.2) is 102 Å². The quantitative estimate of drug-likeness (QED) is 0.387. The van der Waals surface area contributed by atoms with E-state index in [1.54, 1.807) is 54.9 Å². The van der Waals surface area contributed by atoms with Crippen LogP contribution in [-0.4, -0.2) is 23.0 Å². The van der Waals surface area contributed by atoms with Gasteiger partial charge in [-0.15, -0.1) is 0 Å². The van der Waals surface area contributed by atoms with Crippen molar-refractivity contribution in [1.82, 2.24) is 14.5 Å². The first-order valence-electron chi connectivity index (χ1n) is 10.5. The van der Waals surface area contributed by atoms with Crippen molar-refractivity contribution in [2.45, 2.75) is 11.4 Å². The molecule has 5 aromatic rings. The lowest BCUT2D eigenvalue weighted by atomic mass is 10.1. The molecule has 166 valence electrons. The molecule has 7 nitrogen and oxygen atoms in total. The number of nitrogens with zero attached hydrogens (tertiary/aromatic N) is 4. The number of sulfonamides is 1. The number of rotatable bonds is 6. The van der Waals surface area contributed by atoms with Crippen LogP contribution in [0.4, 0.5) is 5.69 Å². The smallest absolute Gasteiger partial charge is 0.264 e. The van der Waals surface area contributed by atoms with E-state index in [0.717, 1.165) is 22.3 Å². The average molecular weight is 466 g/mol. The molecule has 0 unspecified atom stereocenters. The van der Waals surface area contributed by atoms with Crippen LogP contribution in [0.3, 0.4) is 0 Å². The molecule has 8 heteroatoms. The summed E-state index contributed by atoms with van der Waals surface area (Å²) in [5.74, 6) is 0.761. The molecule has 0 aliphatic rings. The van der Waals surface area contributed by atoms with Gasteiger partial charge in [0.25, 0.3) is 10.0 Å². The van der Waals surface area contributed by atoms with E-state index < -0.39 is 10.0 Å². The Balaban J connectivity index is 1.37. The topological polar surface area (TPSA) is 101 Å². The summed E-state index contributed by atoms with van der Waals surface area (Å²) >= 11 is 0. The zero-order valence-corrected chi connectivity index (χ0v) is 18.8. The molecule has 0 atom stereocenters. The fraction of sp³-hybridized carbons (Fsp3) is 0.0385. The Hall–Kier alpha value is -4.48. The van der Waals surface area contributed by atoms with Gasteiger partial charge in [0.05, 0.1) is 17.1 Å². The molecular formula is C26H19N5O2S. The van der Waals surface area contributed by atoms with Crippen molar-refractivity contribution in [2.24, 2.45) is 0 Å². The highest BCUT2D eigenvalue weighted by Gasteiger charge is 2.18. The first-order valence-corrected chi connectivity index (χ1v) is 12.0. The van der Waals surface area contributed by atoms with E-state index in [1.165, 1.54) is 0 Å². The molecule has 2 heterocycles. The third-order valence-electron chi connectivity index (χ3n) is 5.43. The van der Waals surface area contributed by atoms with Gasteiger partial charge in [-0.2, -0.15) is 5.26 Å². The summed E-state index contributed by atoms with van der Waals surface area (Å²) < 4.78 is 30.7. The summed E-state index contributed by atoms with van der Waals surface area (Å²) in [5.41, 5.74) is 3.40. The minimum absolute atomic E-state index is 0.132. The molecule has 2 aromatic heterocycles. The van der Waals surface area contributed by atoms with Crippen LogP contribution >= 0.6 is 0 Å². The molecule has 3 aromatic carbocycles. The molecule has 0 bridgehead atoms. The molecule has 0 radical (unpaired) electrons. The summed E-state index contributed by atoms with van der Waals surface area (Å²) in [4.78, 5) is 8.84. The molecule has 0 aliphatic carbocycles. The first kappa shape index (κ1) is 21.4. The molecule has 0 saturated carbocycles. The van der Waals surface area contributed by atoms with Crippen LogP contribution in [0.2, 0.25) is 0 Å². The van der Waals surface area contributed by atoms with E-state index in [2.05, 4.69) is 20.8 Å². The monoisotopic (exact) mass is 465 g/mol. The minimum Gasteiger partial charge on any atom is -0.327 e. The fourth-order valence-electron chi connectivity index (χ4n) is 3.77. The highest BCUT2D eigenvalue weighted by Crippen LogP contribution is 2.25.